The van der Waals surface area contributed by atoms with E-state index in [-0.39, 0.29) is 10.8 Å². The van der Waals surface area contributed by atoms with Gasteiger partial charge in [-0.25, -0.2) is 4.98 Å². The Kier molecular flexibility index (Phi) is 4.75. The molecule has 4 nitrogen and oxygen atoms in total. The molecule has 26 heavy (non-hydrogen) atoms. The molecular formula is C18H10Cl2N2O2S2. The average Bonchev–Trinajstić information content (AvgIpc) is 3.31. The number of nitrogens with one attached hydrogen (secondary N) is 1. The molecule has 0 unspecified atom stereocenters. The van der Waals surface area contributed by atoms with Crippen molar-refractivity contribution in [1.82, 2.24) is 4.98 Å². The fourth-order valence-corrected chi connectivity index (χ4v) is 4.87. The average molecular weight is 421 g/mol. The lowest BCUT2D eigenvalue weighted by Gasteiger charge is -2.01. The molecule has 1 fully saturated rings. The van der Waals surface area contributed by atoms with Crippen molar-refractivity contribution < 1.29 is 9.21 Å². The largest absolute Gasteiger partial charge is 0.457 e. The van der Waals surface area contributed by atoms with Crippen molar-refractivity contribution in [2.45, 2.75) is 5.92 Å². The Hall–Kier alpha value is -1.86. The van der Waals surface area contributed by atoms with E-state index in [0.717, 1.165) is 17.3 Å². The summed E-state index contributed by atoms with van der Waals surface area (Å²) in [5.41, 5.74) is 0.722. The maximum Gasteiger partial charge on any atom is 0.186 e. The van der Waals surface area contributed by atoms with Crippen LogP contribution in [0.4, 0.5) is 0 Å². The Morgan fingerprint density at radius 1 is 1.23 bits per heavy atom. The zero-order valence-electron chi connectivity index (χ0n) is 13.0. The summed E-state index contributed by atoms with van der Waals surface area (Å²) >= 11 is 14.7. The molecule has 0 amide bonds. The van der Waals surface area contributed by atoms with E-state index in [4.69, 9.17) is 33.0 Å². The van der Waals surface area contributed by atoms with Crippen LogP contribution in [0, 0.1) is 5.41 Å². The minimum atomic E-state index is -0.605. The highest BCUT2D eigenvalue weighted by Gasteiger charge is 2.38. The predicted molar refractivity (Wildman–Crippen MR) is 107 cm³/mol. The maximum absolute atomic E-state index is 12.6. The van der Waals surface area contributed by atoms with Crippen molar-refractivity contribution in [3.05, 3.63) is 67.6 Å². The number of thioether (sulfide) groups is 1. The first-order chi connectivity index (χ1) is 12.5. The van der Waals surface area contributed by atoms with Gasteiger partial charge in [-0.15, -0.1) is 11.3 Å². The second-order valence-electron chi connectivity index (χ2n) is 5.47. The van der Waals surface area contributed by atoms with Crippen LogP contribution in [0.15, 0.2) is 51.2 Å². The van der Waals surface area contributed by atoms with Crippen LogP contribution in [0.5, 0.6) is 0 Å². The second-order valence-corrected chi connectivity index (χ2v) is 8.32. The summed E-state index contributed by atoms with van der Waals surface area (Å²) in [6, 6.07) is 8.72. The number of allylic oxidation sites excluding steroid dienone is 1. The Morgan fingerprint density at radius 3 is 2.81 bits per heavy atom. The molecule has 0 aliphatic carbocycles. The Morgan fingerprint density at radius 2 is 2.08 bits per heavy atom. The van der Waals surface area contributed by atoms with E-state index in [9.17, 15) is 4.79 Å². The number of Topliss-reactive ketones (excluding diaryl/α,β-unsaturated/α-hetero) is 1. The fourth-order valence-electron chi connectivity index (χ4n) is 2.58. The van der Waals surface area contributed by atoms with Gasteiger partial charge in [0.25, 0.3) is 0 Å². The molecule has 1 aliphatic heterocycles. The normalized spacial score (nSPS) is 18.8. The highest BCUT2D eigenvalue weighted by atomic mass is 35.5. The molecule has 2 aromatic heterocycles. The molecule has 8 heteroatoms. The zero-order chi connectivity index (χ0) is 18.3. The first-order valence-electron chi connectivity index (χ1n) is 7.50. The summed E-state index contributed by atoms with van der Waals surface area (Å²) in [6.07, 6.45) is 3.30. The standard InChI is InChI=1S/C18H10Cl2N2O2S2/c19-9-1-3-11(12(20)7-9)13-4-2-10(24-13)8-14-16(23)15(17(21)26-14)18-22-5-6-25-18/h1-8,15,21H/b14-8-,21-17?/t15-/m0/s1. The van der Waals surface area contributed by atoms with Gasteiger partial charge in [0.2, 0.25) is 0 Å². The van der Waals surface area contributed by atoms with Crippen LogP contribution in [-0.2, 0) is 4.79 Å². The molecule has 130 valence electrons. The van der Waals surface area contributed by atoms with E-state index < -0.39 is 5.92 Å². The molecule has 1 aliphatic rings. The summed E-state index contributed by atoms with van der Waals surface area (Å²) in [6.45, 7) is 0. The molecule has 0 bridgehead atoms. The Labute approximate surface area is 167 Å². The van der Waals surface area contributed by atoms with E-state index in [2.05, 4.69) is 4.98 Å². The molecule has 0 spiro atoms. The Bertz CT molecular complexity index is 1040. The predicted octanol–water partition coefficient (Wildman–Crippen LogP) is 6.13. The fraction of sp³-hybridized carbons (Fsp3) is 0.0556. The van der Waals surface area contributed by atoms with Crippen molar-refractivity contribution in [2.24, 2.45) is 0 Å². The number of carbonyl (C=O) groups is 1. The molecule has 0 saturated carbocycles. The van der Waals surface area contributed by atoms with Gasteiger partial charge >= 0.3 is 0 Å². The van der Waals surface area contributed by atoms with E-state index in [1.54, 1.807) is 48.0 Å². The number of nitrogens with zero attached hydrogens (tertiary/aromatic N) is 1. The van der Waals surface area contributed by atoms with Crippen molar-refractivity contribution in [1.29, 1.82) is 5.41 Å². The number of aromatic nitrogens is 1. The molecule has 1 N–H and O–H groups in total. The molecule has 4 rings (SSSR count). The molecule has 1 atom stereocenters. The van der Waals surface area contributed by atoms with Crippen LogP contribution >= 0.6 is 46.3 Å². The van der Waals surface area contributed by atoms with E-state index in [1.165, 1.54) is 11.3 Å². The molecule has 1 saturated heterocycles. The van der Waals surface area contributed by atoms with Crippen LogP contribution in [0.2, 0.25) is 10.0 Å². The number of hydrogen-bond donors (Lipinski definition) is 1. The van der Waals surface area contributed by atoms with Crippen molar-refractivity contribution >= 4 is 63.2 Å². The number of hydrogen-bond acceptors (Lipinski definition) is 6. The highest BCUT2D eigenvalue weighted by Crippen LogP contribution is 2.41. The summed E-state index contributed by atoms with van der Waals surface area (Å²) in [5.74, 6) is 0.374. The van der Waals surface area contributed by atoms with Crippen LogP contribution in [-0.4, -0.2) is 15.8 Å². The topological polar surface area (TPSA) is 67.0 Å². The first-order valence-corrected chi connectivity index (χ1v) is 9.95. The smallest absolute Gasteiger partial charge is 0.186 e. The lowest BCUT2D eigenvalue weighted by Crippen LogP contribution is -2.11. The molecule has 3 heterocycles. The third-order valence-corrected chi connectivity index (χ3v) is 6.17. The minimum absolute atomic E-state index is 0.127. The van der Waals surface area contributed by atoms with Gasteiger partial charge in [0.1, 0.15) is 22.4 Å². The number of rotatable bonds is 3. The van der Waals surface area contributed by atoms with Gasteiger partial charge in [0, 0.05) is 22.2 Å². The summed E-state index contributed by atoms with van der Waals surface area (Å²) in [4.78, 5) is 17.3. The number of thiazole rings is 1. The van der Waals surface area contributed by atoms with Crippen LogP contribution < -0.4 is 0 Å². The Balaban J connectivity index is 1.63. The van der Waals surface area contributed by atoms with Crippen LogP contribution in [0.25, 0.3) is 17.4 Å². The number of benzene rings is 1. The molecule has 0 radical (unpaired) electrons. The zero-order valence-corrected chi connectivity index (χ0v) is 16.2. The SMILES string of the molecule is N=C1S/C(=C\c2ccc(-c3ccc(Cl)cc3Cl)o2)C(=O)[C@@H]1c1nccs1. The van der Waals surface area contributed by atoms with Crippen LogP contribution in [0.1, 0.15) is 16.7 Å². The van der Waals surface area contributed by atoms with Gasteiger partial charge in [-0.2, -0.15) is 0 Å². The number of carbonyl (C=O) groups excluding carboxylic acids is 1. The van der Waals surface area contributed by atoms with E-state index in [0.29, 0.717) is 31.5 Å². The minimum Gasteiger partial charge on any atom is -0.457 e. The summed E-state index contributed by atoms with van der Waals surface area (Å²) in [5, 5.41) is 11.9. The van der Waals surface area contributed by atoms with Gasteiger partial charge in [-0.05, 0) is 36.4 Å². The molecule has 3 aromatic rings. The van der Waals surface area contributed by atoms with E-state index >= 15 is 0 Å². The van der Waals surface area contributed by atoms with E-state index in [1.807, 2.05) is 0 Å². The van der Waals surface area contributed by atoms with Crippen LogP contribution in [0.3, 0.4) is 0 Å². The number of halogens is 2. The van der Waals surface area contributed by atoms with Crippen molar-refractivity contribution in [2.75, 3.05) is 0 Å². The van der Waals surface area contributed by atoms with Gasteiger partial charge in [0.15, 0.2) is 5.78 Å². The number of furan rings is 1. The monoisotopic (exact) mass is 420 g/mol. The van der Waals surface area contributed by atoms with Gasteiger partial charge < -0.3 is 4.42 Å². The van der Waals surface area contributed by atoms with Crippen molar-refractivity contribution in [3.63, 3.8) is 0 Å². The third-order valence-electron chi connectivity index (χ3n) is 3.78. The van der Waals surface area contributed by atoms with Gasteiger partial charge in [-0.1, -0.05) is 35.0 Å². The number of ketones is 1. The molecular weight excluding hydrogens is 411 g/mol. The lowest BCUT2D eigenvalue weighted by molar-refractivity contribution is -0.114. The maximum atomic E-state index is 12.6. The quantitative estimate of drug-likeness (QED) is 0.517. The second kappa shape index (κ2) is 7.04. The van der Waals surface area contributed by atoms with Gasteiger partial charge in [0.05, 0.1) is 15.0 Å². The summed E-state index contributed by atoms with van der Waals surface area (Å²) in [7, 11) is 0. The highest BCUT2D eigenvalue weighted by molar-refractivity contribution is 8.19. The third kappa shape index (κ3) is 3.25. The summed E-state index contributed by atoms with van der Waals surface area (Å²) < 4.78 is 5.81. The molecule has 1 aromatic carbocycles. The van der Waals surface area contributed by atoms with Gasteiger partial charge in [-0.3, -0.25) is 10.2 Å². The first kappa shape index (κ1) is 17.5. The lowest BCUT2D eigenvalue weighted by atomic mass is 10.1. The van der Waals surface area contributed by atoms with Crippen molar-refractivity contribution in [3.8, 4) is 11.3 Å².